The number of pyridine rings is 1. The molecule has 3 rings (SSSR count). The van der Waals surface area contributed by atoms with E-state index in [1.54, 1.807) is 12.1 Å². The van der Waals surface area contributed by atoms with Crippen LogP contribution in [0.3, 0.4) is 0 Å². The molecule has 0 bridgehead atoms. The fourth-order valence-electron chi connectivity index (χ4n) is 2.56. The molecule has 0 radical (unpaired) electrons. The van der Waals surface area contributed by atoms with E-state index < -0.39 is 0 Å². The normalized spacial score (nSPS) is 15.8. The Bertz CT molecular complexity index is 568. The Morgan fingerprint density at radius 2 is 1.77 bits per heavy atom. The van der Waals surface area contributed by atoms with Gasteiger partial charge in [0.05, 0.1) is 0 Å². The largest absolute Gasteiger partial charge is 0.492 e. The van der Waals surface area contributed by atoms with E-state index in [-0.39, 0.29) is 5.82 Å². The quantitative estimate of drug-likeness (QED) is 0.848. The average molecular weight is 301 g/mol. The highest BCUT2D eigenvalue weighted by molar-refractivity contribution is 5.38. The lowest BCUT2D eigenvalue weighted by atomic mass is 10.3. The third kappa shape index (κ3) is 3.95. The molecule has 1 aromatic heterocycles. The summed E-state index contributed by atoms with van der Waals surface area (Å²) in [6, 6.07) is 12.2. The molecule has 4 nitrogen and oxygen atoms in total. The number of ether oxygens (including phenoxy) is 1. The second kappa shape index (κ2) is 7.22. The van der Waals surface area contributed by atoms with Gasteiger partial charge in [-0.1, -0.05) is 6.07 Å². The molecule has 0 atom stereocenters. The number of rotatable bonds is 5. The van der Waals surface area contributed by atoms with E-state index in [1.807, 2.05) is 24.4 Å². The van der Waals surface area contributed by atoms with E-state index in [4.69, 9.17) is 4.74 Å². The zero-order valence-electron chi connectivity index (χ0n) is 12.5. The molecule has 0 N–H and O–H groups in total. The molecule has 116 valence electrons. The first-order chi connectivity index (χ1) is 10.8. The fraction of sp³-hybridized carbons (Fsp3) is 0.353. The van der Waals surface area contributed by atoms with Crippen LogP contribution >= 0.6 is 0 Å². The first-order valence-corrected chi connectivity index (χ1v) is 7.58. The van der Waals surface area contributed by atoms with Crippen molar-refractivity contribution < 1.29 is 9.13 Å². The maximum absolute atomic E-state index is 12.8. The van der Waals surface area contributed by atoms with Gasteiger partial charge in [0.1, 0.15) is 24.0 Å². The van der Waals surface area contributed by atoms with Gasteiger partial charge in [-0.2, -0.15) is 0 Å². The number of aromatic nitrogens is 1. The van der Waals surface area contributed by atoms with E-state index >= 15 is 0 Å². The first kappa shape index (κ1) is 14.8. The molecule has 0 amide bonds. The Morgan fingerprint density at radius 3 is 2.45 bits per heavy atom. The second-order valence-electron chi connectivity index (χ2n) is 5.32. The summed E-state index contributed by atoms with van der Waals surface area (Å²) in [5.74, 6) is 1.52. The monoisotopic (exact) mass is 301 g/mol. The number of piperazine rings is 1. The molecule has 1 aliphatic heterocycles. The lowest BCUT2D eigenvalue weighted by molar-refractivity contribution is 0.200. The van der Waals surface area contributed by atoms with Crippen molar-refractivity contribution in [3.8, 4) is 5.75 Å². The van der Waals surface area contributed by atoms with Crippen LogP contribution in [0.15, 0.2) is 48.7 Å². The highest BCUT2D eigenvalue weighted by Gasteiger charge is 2.17. The molecule has 1 fully saturated rings. The molecule has 0 unspecified atom stereocenters. The van der Waals surface area contributed by atoms with Crippen LogP contribution in [0.4, 0.5) is 10.2 Å². The van der Waals surface area contributed by atoms with Crippen LogP contribution in [0, 0.1) is 5.82 Å². The summed E-state index contributed by atoms with van der Waals surface area (Å²) < 4.78 is 18.4. The SMILES string of the molecule is Fc1ccc(OCCN2CCN(c3ccccn3)CC2)cc1. The number of nitrogens with zero attached hydrogens (tertiary/aromatic N) is 3. The van der Waals surface area contributed by atoms with E-state index in [1.165, 1.54) is 12.1 Å². The van der Waals surface area contributed by atoms with Crippen molar-refractivity contribution in [1.82, 2.24) is 9.88 Å². The summed E-state index contributed by atoms with van der Waals surface area (Å²) in [5, 5.41) is 0. The minimum Gasteiger partial charge on any atom is -0.492 e. The maximum Gasteiger partial charge on any atom is 0.128 e. The molecule has 22 heavy (non-hydrogen) atoms. The first-order valence-electron chi connectivity index (χ1n) is 7.58. The van der Waals surface area contributed by atoms with Gasteiger partial charge in [0, 0.05) is 38.9 Å². The van der Waals surface area contributed by atoms with E-state index in [9.17, 15) is 4.39 Å². The summed E-state index contributed by atoms with van der Waals surface area (Å²) >= 11 is 0. The molecule has 0 spiro atoms. The third-order valence-corrected chi connectivity index (χ3v) is 3.84. The van der Waals surface area contributed by atoms with Gasteiger partial charge >= 0.3 is 0 Å². The smallest absolute Gasteiger partial charge is 0.128 e. The summed E-state index contributed by atoms with van der Waals surface area (Å²) in [6.07, 6.45) is 1.83. The summed E-state index contributed by atoms with van der Waals surface area (Å²) in [4.78, 5) is 9.07. The summed E-state index contributed by atoms with van der Waals surface area (Å²) in [7, 11) is 0. The lowest BCUT2D eigenvalue weighted by Gasteiger charge is -2.35. The Kier molecular flexibility index (Phi) is 4.85. The average Bonchev–Trinajstić information content (AvgIpc) is 2.58. The van der Waals surface area contributed by atoms with Gasteiger partial charge < -0.3 is 9.64 Å². The predicted molar refractivity (Wildman–Crippen MR) is 84.8 cm³/mol. The molecule has 1 aromatic carbocycles. The highest BCUT2D eigenvalue weighted by Crippen LogP contribution is 2.13. The molecular formula is C17H20FN3O. The maximum atomic E-state index is 12.8. The molecule has 1 aliphatic rings. The summed E-state index contributed by atoms with van der Waals surface area (Å²) in [6.45, 7) is 5.47. The van der Waals surface area contributed by atoms with Gasteiger partial charge in [0.25, 0.3) is 0 Å². The Labute approximate surface area is 130 Å². The van der Waals surface area contributed by atoms with E-state index in [0.29, 0.717) is 12.4 Å². The minimum atomic E-state index is -0.238. The Morgan fingerprint density at radius 1 is 1.00 bits per heavy atom. The number of hydrogen-bond donors (Lipinski definition) is 0. The second-order valence-corrected chi connectivity index (χ2v) is 5.32. The predicted octanol–water partition coefficient (Wildman–Crippen LogP) is 2.42. The fourth-order valence-corrected chi connectivity index (χ4v) is 2.56. The van der Waals surface area contributed by atoms with Crippen LogP contribution in [-0.2, 0) is 0 Å². The van der Waals surface area contributed by atoms with Crippen molar-refractivity contribution in [2.24, 2.45) is 0 Å². The van der Waals surface area contributed by atoms with Gasteiger partial charge in [-0.05, 0) is 36.4 Å². The Balaban J connectivity index is 1.40. The topological polar surface area (TPSA) is 28.6 Å². The Hall–Kier alpha value is -2.14. The zero-order chi connectivity index (χ0) is 15.2. The van der Waals surface area contributed by atoms with Crippen LogP contribution in [0.5, 0.6) is 5.75 Å². The van der Waals surface area contributed by atoms with Crippen LogP contribution in [0.25, 0.3) is 0 Å². The minimum absolute atomic E-state index is 0.238. The zero-order valence-corrected chi connectivity index (χ0v) is 12.5. The van der Waals surface area contributed by atoms with Gasteiger partial charge in [-0.3, -0.25) is 4.90 Å². The van der Waals surface area contributed by atoms with Gasteiger partial charge in [0.2, 0.25) is 0 Å². The standard InChI is InChI=1S/C17H20FN3O/c18-15-4-6-16(7-5-15)22-14-13-20-9-11-21(12-10-20)17-3-1-2-8-19-17/h1-8H,9-14H2. The summed E-state index contributed by atoms with van der Waals surface area (Å²) in [5.41, 5.74) is 0. The molecule has 5 heteroatoms. The lowest BCUT2D eigenvalue weighted by Crippen LogP contribution is -2.47. The van der Waals surface area contributed by atoms with Crippen molar-refractivity contribution in [3.05, 3.63) is 54.5 Å². The van der Waals surface area contributed by atoms with Crippen molar-refractivity contribution in [3.63, 3.8) is 0 Å². The number of anilines is 1. The number of hydrogen-bond acceptors (Lipinski definition) is 4. The molecular weight excluding hydrogens is 281 g/mol. The van der Waals surface area contributed by atoms with Crippen molar-refractivity contribution >= 4 is 5.82 Å². The van der Waals surface area contributed by atoms with Crippen LogP contribution in [-0.4, -0.2) is 49.2 Å². The molecule has 2 aromatic rings. The third-order valence-electron chi connectivity index (χ3n) is 3.84. The molecule has 1 saturated heterocycles. The number of halogens is 1. The van der Waals surface area contributed by atoms with Crippen molar-refractivity contribution in [1.29, 1.82) is 0 Å². The van der Waals surface area contributed by atoms with Crippen LogP contribution in [0.2, 0.25) is 0 Å². The van der Waals surface area contributed by atoms with Crippen LogP contribution in [0.1, 0.15) is 0 Å². The van der Waals surface area contributed by atoms with Crippen molar-refractivity contribution in [2.45, 2.75) is 0 Å². The van der Waals surface area contributed by atoms with Gasteiger partial charge in [-0.15, -0.1) is 0 Å². The van der Waals surface area contributed by atoms with Gasteiger partial charge in [-0.25, -0.2) is 9.37 Å². The van der Waals surface area contributed by atoms with E-state index in [0.717, 1.165) is 38.5 Å². The van der Waals surface area contributed by atoms with Gasteiger partial charge in [0.15, 0.2) is 0 Å². The molecule has 0 aliphatic carbocycles. The van der Waals surface area contributed by atoms with Crippen LogP contribution < -0.4 is 9.64 Å². The number of benzene rings is 1. The molecule has 2 heterocycles. The van der Waals surface area contributed by atoms with E-state index in [2.05, 4.69) is 14.8 Å². The highest BCUT2D eigenvalue weighted by atomic mass is 19.1. The molecule has 0 saturated carbocycles. The van der Waals surface area contributed by atoms with Crippen molar-refractivity contribution in [2.75, 3.05) is 44.2 Å².